The van der Waals surface area contributed by atoms with E-state index in [1.807, 2.05) is 13.8 Å². The zero-order valence-corrected chi connectivity index (χ0v) is 8.83. The van der Waals surface area contributed by atoms with E-state index < -0.39 is 6.16 Å². The molecule has 0 fully saturated rings. The van der Waals surface area contributed by atoms with Gasteiger partial charge >= 0.3 is 6.16 Å². The summed E-state index contributed by atoms with van der Waals surface area (Å²) >= 11 is 0. The summed E-state index contributed by atoms with van der Waals surface area (Å²) in [6.07, 6.45) is -0.691. The van der Waals surface area contributed by atoms with Crippen LogP contribution in [0.25, 0.3) is 0 Å². The van der Waals surface area contributed by atoms with Crippen LogP contribution in [-0.4, -0.2) is 31.8 Å². The minimum absolute atomic E-state index is 0.135. The van der Waals surface area contributed by atoms with E-state index in [1.54, 1.807) is 0 Å². The lowest BCUT2D eigenvalue weighted by molar-refractivity contribution is -0.119. The van der Waals surface area contributed by atoms with Crippen molar-refractivity contribution in [1.82, 2.24) is 5.32 Å². The number of nitrogens with one attached hydrogen (secondary N) is 1. The van der Waals surface area contributed by atoms with Crippen LogP contribution in [-0.2, 0) is 14.3 Å². The molecule has 82 valence electrons. The Kier molecular flexibility index (Phi) is 6.53. The quantitative estimate of drug-likeness (QED) is 0.533. The molecular formula is C9H17NO4. The standard InChI is InChI=1S/C9H17NO4/c1-7(2)6-14-9(12)13-5-4-10-8(3)11/h7H,4-6H2,1-3H3,(H,10,11). The molecule has 1 N–H and O–H groups in total. The van der Waals surface area contributed by atoms with E-state index in [2.05, 4.69) is 10.1 Å². The van der Waals surface area contributed by atoms with E-state index >= 15 is 0 Å². The molecule has 0 heterocycles. The summed E-state index contributed by atoms with van der Waals surface area (Å²) in [7, 11) is 0. The van der Waals surface area contributed by atoms with Gasteiger partial charge in [-0.15, -0.1) is 0 Å². The lowest BCUT2D eigenvalue weighted by Gasteiger charge is -2.07. The minimum Gasteiger partial charge on any atom is -0.434 e. The molecule has 0 radical (unpaired) electrons. The summed E-state index contributed by atoms with van der Waals surface area (Å²) < 4.78 is 9.40. The van der Waals surface area contributed by atoms with Crippen molar-refractivity contribution >= 4 is 12.1 Å². The number of hydrogen-bond acceptors (Lipinski definition) is 4. The van der Waals surface area contributed by atoms with Crippen LogP contribution in [0.2, 0.25) is 0 Å². The maximum atomic E-state index is 10.8. The third kappa shape index (κ3) is 8.83. The van der Waals surface area contributed by atoms with Crippen molar-refractivity contribution in [3.63, 3.8) is 0 Å². The van der Waals surface area contributed by atoms with Gasteiger partial charge in [-0.25, -0.2) is 4.79 Å². The molecule has 0 saturated carbocycles. The molecule has 0 aliphatic rings. The Bertz CT molecular complexity index is 191. The molecule has 0 bridgehead atoms. The summed E-state index contributed by atoms with van der Waals surface area (Å²) in [5.41, 5.74) is 0. The first-order chi connectivity index (χ1) is 6.52. The summed E-state index contributed by atoms with van der Waals surface area (Å²) in [5.74, 6) is 0.141. The third-order valence-corrected chi connectivity index (χ3v) is 1.23. The second-order valence-corrected chi connectivity index (χ2v) is 3.29. The Morgan fingerprint density at radius 3 is 2.43 bits per heavy atom. The molecular weight excluding hydrogens is 186 g/mol. The summed E-state index contributed by atoms with van der Waals surface area (Å²) in [6.45, 7) is 6.06. The predicted molar refractivity (Wildman–Crippen MR) is 50.8 cm³/mol. The highest BCUT2D eigenvalue weighted by Gasteiger charge is 2.04. The Hall–Kier alpha value is -1.26. The molecule has 0 aromatic carbocycles. The first-order valence-electron chi connectivity index (χ1n) is 4.56. The molecule has 0 unspecified atom stereocenters. The lowest BCUT2D eigenvalue weighted by Crippen LogP contribution is -2.25. The van der Waals surface area contributed by atoms with Gasteiger partial charge in [-0.3, -0.25) is 4.79 Å². The molecule has 0 saturated heterocycles. The topological polar surface area (TPSA) is 64.6 Å². The highest BCUT2D eigenvalue weighted by Crippen LogP contribution is 1.94. The summed E-state index contributed by atoms with van der Waals surface area (Å²) in [4.78, 5) is 21.3. The van der Waals surface area contributed by atoms with Gasteiger partial charge in [-0.2, -0.15) is 0 Å². The molecule has 0 spiro atoms. The smallest absolute Gasteiger partial charge is 0.434 e. The van der Waals surface area contributed by atoms with Crippen molar-refractivity contribution in [2.45, 2.75) is 20.8 Å². The Balaban J connectivity index is 3.31. The van der Waals surface area contributed by atoms with Gasteiger partial charge in [0.2, 0.25) is 5.91 Å². The van der Waals surface area contributed by atoms with Gasteiger partial charge in [0.1, 0.15) is 6.61 Å². The van der Waals surface area contributed by atoms with Crippen molar-refractivity contribution in [2.75, 3.05) is 19.8 Å². The van der Waals surface area contributed by atoms with Crippen LogP contribution < -0.4 is 5.32 Å². The summed E-state index contributed by atoms with van der Waals surface area (Å²) in [6, 6.07) is 0. The summed E-state index contributed by atoms with van der Waals surface area (Å²) in [5, 5.41) is 2.49. The predicted octanol–water partition coefficient (Wildman–Crippen LogP) is 0.932. The average Bonchev–Trinajstić information content (AvgIpc) is 2.08. The van der Waals surface area contributed by atoms with Gasteiger partial charge < -0.3 is 14.8 Å². The minimum atomic E-state index is -0.691. The highest BCUT2D eigenvalue weighted by atomic mass is 16.7. The maximum absolute atomic E-state index is 10.8. The monoisotopic (exact) mass is 203 g/mol. The van der Waals surface area contributed by atoms with Gasteiger partial charge in [0.15, 0.2) is 0 Å². The molecule has 0 aromatic heterocycles. The second kappa shape index (κ2) is 7.17. The molecule has 0 aromatic rings. The average molecular weight is 203 g/mol. The Morgan fingerprint density at radius 2 is 1.93 bits per heavy atom. The largest absolute Gasteiger partial charge is 0.508 e. The molecule has 1 amide bonds. The van der Waals surface area contributed by atoms with Gasteiger partial charge in [-0.05, 0) is 5.92 Å². The van der Waals surface area contributed by atoms with E-state index in [1.165, 1.54) is 6.92 Å². The molecule has 0 aliphatic heterocycles. The van der Waals surface area contributed by atoms with Gasteiger partial charge in [0.05, 0.1) is 13.2 Å². The molecule has 5 nitrogen and oxygen atoms in total. The van der Waals surface area contributed by atoms with Crippen LogP contribution >= 0.6 is 0 Å². The number of rotatable bonds is 5. The Morgan fingerprint density at radius 1 is 1.29 bits per heavy atom. The van der Waals surface area contributed by atoms with Crippen LogP contribution in [0.15, 0.2) is 0 Å². The van der Waals surface area contributed by atoms with Crippen molar-refractivity contribution in [1.29, 1.82) is 0 Å². The van der Waals surface area contributed by atoms with E-state index in [-0.39, 0.29) is 18.4 Å². The molecule has 14 heavy (non-hydrogen) atoms. The van der Waals surface area contributed by atoms with E-state index in [4.69, 9.17) is 4.74 Å². The SMILES string of the molecule is CC(=O)NCCOC(=O)OCC(C)C. The van der Waals surface area contributed by atoms with Crippen LogP contribution in [0.4, 0.5) is 4.79 Å². The number of amides is 1. The van der Waals surface area contributed by atoms with Crippen molar-refractivity contribution < 1.29 is 19.1 Å². The number of ether oxygens (including phenoxy) is 2. The van der Waals surface area contributed by atoms with Crippen LogP contribution in [0.5, 0.6) is 0 Å². The van der Waals surface area contributed by atoms with Crippen LogP contribution in [0.3, 0.4) is 0 Å². The number of carbonyl (C=O) groups excluding carboxylic acids is 2. The van der Waals surface area contributed by atoms with Crippen molar-refractivity contribution in [2.24, 2.45) is 5.92 Å². The first-order valence-corrected chi connectivity index (χ1v) is 4.56. The highest BCUT2D eigenvalue weighted by molar-refractivity contribution is 5.72. The molecule has 0 atom stereocenters. The van der Waals surface area contributed by atoms with E-state index in [0.29, 0.717) is 13.2 Å². The Labute approximate surface area is 83.8 Å². The normalized spacial score (nSPS) is 9.71. The fraction of sp³-hybridized carbons (Fsp3) is 0.778. The fourth-order valence-electron chi connectivity index (χ4n) is 0.638. The van der Waals surface area contributed by atoms with Crippen LogP contribution in [0, 0.1) is 5.92 Å². The lowest BCUT2D eigenvalue weighted by atomic mass is 10.2. The molecule has 0 aliphatic carbocycles. The van der Waals surface area contributed by atoms with E-state index in [9.17, 15) is 9.59 Å². The van der Waals surface area contributed by atoms with Gasteiger partial charge in [-0.1, -0.05) is 13.8 Å². The van der Waals surface area contributed by atoms with Crippen molar-refractivity contribution in [3.8, 4) is 0 Å². The zero-order valence-electron chi connectivity index (χ0n) is 8.83. The number of hydrogen-bond donors (Lipinski definition) is 1. The van der Waals surface area contributed by atoms with Crippen LogP contribution in [0.1, 0.15) is 20.8 Å². The second-order valence-electron chi connectivity index (χ2n) is 3.29. The molecule has 5 heteroatoms. The fourth-order valence-corrected chi connectivity index (χ4v) is 0.638. The van der Waals surface area contributed by atoms with Gasteiger partial charge in [0, 0.05) is 6.92 Å². The number of carbonyl (C=O) groups is 2. The zero-order chi connectivity index (χ0) is 11.0. The maximum Gasteiger partial charge on any atom is 0.508 e. The van der Waals surface area contributed by atoms with Crippen molar-refractivity contribution in [3.05, 3.63) is 0 Å². The molecule has 0 rings (SSSR count). The third-order valence-electron chi connectivity index (χ3n) is 1.23. The van der Waals surface area contributed by atoms with E-state index in [0.717, 1.165) is 0 Å². The first kappa shape index (κ1) is 12.7. The van der Waals surface area contributed by atoms with Gasteiger partial charge in [0.25, 0.3) is 0 Å².